The number of carbonyl (C=O) groups excluding carboxylic acids is 1. The van der Waals surface area contributed by atoms with Crippen LogP contribution in [-0.2, 0) is 0 Å². The van der Waals surface area contributed by atoms with Crippen molar-refractivity contribution in [2.45, 2.75) is 32.2 Å². The number of nitrogens with zero attached hydrogens (tertiary/aromatic N) is 2. The van der Waals surface area contributed by atoms with Crippen molar-refractivity contribution in [2.75, 3.05) is 0 Å². The van der Waals surface area contributed by atoms with Gasteiger partial charge >= 0.3 is 0 Å². The molecule has 1 heterocycles. The molecule has 4 heteroatoms. The Morgan fingerprint density at radius 3 is 2.70 bits per heavy atom. The van der Waals surface area contributed by atoms with Crippen LogP contribution < -0.4 is 0 Å². The van der Waals surface area contributed by atoms with Crippen LogP contribution in [0.4, 0.5) is 0 Å². The zero-order valence-corrected chi connectivity index (χ0v) is 12.3. The van der Waals surface area contributed by atoms with Gasteiger partial charge in [0.25, 0.3) is 0 Å². The van der Waals surface area contributed by atoms with Crippen LogP contribution >= 0.6 is 11.6 Å². The summed E-state index contributed by atoms with van der Waals surface area (Å²) in [6.07, 6.45) is 2.47. The van der Waals surface area contributed by atoms with Gasteiger partial charge in [-0.05, 0) is 31.7 Å². The molecule has 1 aromatic carbocycles. The van der Waals surface area contributed by atoms with E-state index in [0.717, 1.165) is 6.42 Å². The second-order valence-electron chi connectivity index (χ2n) is 5.60. The quantitative estimate of drug-likeness (QED) is 0.794. The van der Waals surface area contributed by atoms with Gasteiger partial charge in [-0.3, -0.25) is 9.48 Å². The van der Waals surface area contributed by atoms with Crippen LogP contribution in [0.2, 0.25) is 5.02 Å². The van der Waals surface area contributed by atoms with Gasteiger partial charge in [-0.25, -0.2) is 0 Å². The highest BCUT2D eigenvalue weighted by atomic mass is 35.5. The van der Waals surface area contributed by atoms with E-state index in [9.17, 15) is 4.79 Å². The number of hydrogen-bond donors (Lipinski definition) is 0. The fourth-order valence-electron chi connectivity index (χ4n) is 2.69. The van der Waals surface area contributed by atoms with Crippen molar-refractivity contribution >= 4 is 17.4 Å². The minimum absolute atomic E-state index is 0.0455. The topological polar surface area (TPSA) is 34.9 Å². The van der Waals surface area contributed by atoms with Crippen LogP contribution in [0, 0.1) is 5.92 Å². The molecule has 2 unspecified atom stereocenters. The monoisotopic (exact) mass is 288 g/mol. The second-order valence-corrected chi connectivity index (χ2v) is 6.01. The van der Waals surface area contributed by atoms with E-state index >= 15 is 0 Å². The van der Waals surface area contributed by atoms with E-state index in [4.69, 9.17) is 11.6 Å². The third kappa shape index (κ3) is 2.27. The molecule has 3 nitrogen and oxygen atoms in total. The molecule has 1 fully saturated rings. The molecule has 0 radical (unpaired) electrons. The van der Waals surface area contributed by atoms with Gasteiger partial charge in [0.2, 0.25) is 0 Å². The van der Waals surface area contributed by atoms with Crippen LogP contribution in [0.25, 0.3) is 0 Å². The Morgan fingerprint density at radius 1 is 1.35 bits per heavy atom. The predicted octanol–water partition coefficient (Wildman–Crippen LogP) is 4.10. The van der Waals surface area contributed by atoms with Crippen molar-refractivity contribution in [3.8, 4) is 0 Å². The molecular formula is C16H17ClN2O. The molecular weight excluding hydrogens is 272 g/mol. The molecule has 1 aliphatic rings. The van der Waals surface area contributed by atoms with E-state index in [1.165, 1.54) is 5.56 Å². The Hall–Kier alpha value is -1.61. The van der Waals surface area contributed by atoms with E-state index in [1.807, 2.05) is 32.0 Å². The highest BCUT2D eigenvalue weighted by Crippen LogP contribution is 2.49. The van der Waals surface area contributed by atoms with E-state index in [2.05, 4.69) is 17.2 Å². The van der Waals surface area contributed by atoms with Crippen LogP contribution in [-0.4, -0.2) is 15.6 Å². The van der Waals surface area contributed by atoms with Crippen LogP contribution in [0.5, 0.6) is 0 Å². The fraction of sp³-hybridized carbons (Fsp3) is 0.375. The first-order valence-electron chi connectivity index (χ1n) is 6.91. The van der Waals surface area contributed by atoms with E-state index in [0.29, 0.717) is 16.6 Å². The summed E-state index contributed by atoms with van der Waals surface area (Å²) in [5.74, 6) is 0.495. The molecule has 2 atom stereocenters. The molecule has 0 amide bonds. The molecule has 0 saturated heterocycles. The number of Topliss-reactive ketones (excluding diaryl/α,β-unsaturated/α-hetero) is 1. The van der Waals surface area contributed by atoms with Crippen molar-refractivity contribution in [2.24, 2.45) is 5.92 Å². The van der Waals surface area contributed by atoms with Crippen molar-refractivity contribution in [1.82, 2.24) is 9.78 Å². The standard InChI is InChI=1S/C16H17ClN2O/c1-10(2)19-15(14(17)9-18-19)16(20)13-8-12(13)11-6-4-3-5-7-11/h3-7,9-10,12-13H,8H2,1-2H3. The van der Waals surface area contributed by atoms with Gasteiger partial charge in [0.05, 0.1) is 11.2 Å². The van der Waals surface area contributed by atoms with Gasteiger partial charge < -0.3 is 0 Å². The Kier molecular flexibility index (Phi) is 3.38. The highest BCUT2D eigenvalue weighted by molar-refractivity contribution is 6.33. The Balaban J connectivity index is 1.84. The molecule has 20 heavy (non-hydrogen) atoms. The van der Waals surface area contributed by atoms with E-state index < -0.39 is 0 Å². The first-order valence-corrected chi connectivity index (χ1v) is 7.29. The molecule has 0 aliphatic heterocycles. The summed E-state index contributed by atoms with van der Waals surface area (Å²) in [6.45, 7) is 4.00. The summed E-state index contributed by atoms with van der Waals surface area (Å²) in [5.41, 5.74) is 1.79. The third-order valence-electron chi connectivity index (χ3n) is 3.83. The van der Waals surface area contributed by atoms with Crippen LogP contribution in [0.3, 0.4) is 0 Å². The number of halogens is 1. The second kappa shape index (κ2) is 5.06. The van der Waals surface area contributed by atoms with E-state index in [-0.39, 0.29) is 17.7 Å². The first kappa shape index (κ1) is 13.4. The van der Waals surface area contributed by atoms with Crippen LogP contribution in [0.1, 0.15) is 48.3 Å². The minimum Gasteiger partial charge on any atom is -0.292 e. The van der Waals surface area contributed by atoms with Gasteiger partial charge in [-0.15, -0.1) is 0 Å². The fourth-order valence-corrected chi connectivity index (χ4v) is 2.92. The van der Waals surface area contributed by atoms with E-state index in [1.54, 1.807) is 10.9 Å². The smallest absolute Gasteiger partial charge is 0.186 e. The lowest BCUT2D eigenvalue weighted by molar-refractivity contribution is 0.0953. The Labute approximate surface area is 123 Å². The molecule has 0 spiro atoms. The molecule has 104 valence electrons. The van der Waals surface area contributed by atoms with Crippen LogP contribution in [0.15, 0.2) is 36.5 Å². The normalized spacial score (nSPS) is 21.2. The number of ketones is 1. The van der Waals surface area contributed by atoms with Gasteiger partial charge in [0.1, 0.15) is 5.69 Å². The van der Waals surface area contributed by atoms with Crippen molar-refractivity contribution < 1.29 is 4.79 Å². The number of hydrogen-bond acceptors (Lipinski definition) is 2. The summed E-state index contributed by atoms with van der Waals surface area (Å²) >= 11 is 6.15. The zero-order valence-electron chi connectivity index (χ0n) is 11.6. The summed E-state index contributed by atoms with van der Waals surface area (Å²) in [6, 6.07) is 10.3. The summed E-state index contributed by atoms with van der Waals surface area (Å²) in [4.78, 5) is 12.7. The van der Waals surface area contributed by atoms with Gasteiger partial charge in [0, 0.05) is 12.0 Å². The van der Waals surface area contributed by atoms with Gasteiger partial charge in [-0.2, -0.15) is 5.10 Å². The molecule has 1 saturated carbocycles. The number of aromatic nitrogens is 2. The summed E-state index contributed by atoms with van der Waals surface area (Å²) < 4.78 is 1.73. The molecule has 1 aliphatic carbocycles. The number of rotatable bonds is 4. The lowest BCUT2D eigenvalue weighted by atomic mass is 10.1. The predicted molar refractivity (Wildman–Crippen MR) is 79.2 cm³/mol. The lowest BCUT2D eigenvalue weighted by Crippen LogP contribution is -2.14. The molecule has 3 rings (SSSR count). The maximum atomic E-state index is 12.7. The molecule has 2 aromatic rings. The maximum absolute atomic E-state index is 12.7. The number of benzene rings is 1. The average Bonchev–Trinajstić information content (AvgIpc) is 3.15. The third-order valence-corrected chi connectivity index (χ3v) is 4.10. The van der Waals surface area contributed by atoms with Gasteiger partial charge in [0.15, 0.2) is 5.78 Å². The summed E-state index contributed by atoms with van der Waals surface area (Å²) in [5, 5.41) is 4.67. The largest absolute Gasteiger partial charge is 0.292 e. The first-order chi connectivity index (χ1) is 9.59. The highest BCUT2D eigenvalue weighted by Gasteiger charge is 2.45. The maximum Gasteiger partial charge on any atom is 0.186 e. The minimum atomic E-state index is 0.0455. The molecule has 0 N–H and O–H groups in total. The van der Waals surface area contributed by atoms with Gasteiger partial charge in [-0.1, -0.05) is 41.9 Å². The lowest BCUT2D eigenvalue weighted by Gasteiger charge is -2.10. The molecule has 1 aromatic heterocycles. The Bertz CT molecular complexity index is 633. The SMILES string of the molecule is CC(C)n1ncc(Cl)c1C(=O)C1CC1c1ccccc1. The van der Waals surface area contributed by atoms with Crippen molar-refractivity contribution in [3.63, 3.8) is 0 Å². The average molecular weight is 289 g/mol. The Morgan fingerprint density at radius 2 is 2.05 bits per heavy atom. The zero-order chi connectivity index (χ0) is 14.3. The summed E-state index contributed by atoms with van der Waals surface area (Å²) in [7, 11) is 0. The van der Waals surface area contributed by atoms with Crippen molar-refractivity contribution in [3.05, 3.63) is 52.8 Å². The number of carbonyl (C=O) groups is 1. The van der Waals surface area contributed by atoms with Crippen molar-refractivity contribution in [1.29, 1.82) is 0 Å². The molecule has 0 bridgehead atoms.